The molecule has 0 spiro atoms. The summed E-state index contributed by atoms with van der Waals surface area (Å²) >= 11 is 1.32. The van der Waals surface area contributed by atoms with Crippen molar-refractivity contribution in [2.24, 2.45) is 0 Å². The van der Waals surface area contributed by atoms with Crippen LogP contribution in [-0.2, 0) is 0 Å². The number of hydrogen-bond acceptors (Lipinski definition) is 4. The van der Waals surface area contributed by atoms with E-state index in [1.807, 2.05) is 21.0 Å². The Hall–Kier alpha value is -0.940. The van der Waals surface area contributed by atoms with Crippen molar-refractivity contribution in [1.82, 2.24) is 14.6 Å². The van der Waals surface area contributed by atoms with Crippen LogP contribution in [0.15, 0.2) is 5.38 Å². The Morgan fingerprint density at radius 1 is 1.60 bits per heavy atom. The summed E-state index contributed by atoms with van der Waals surface area (Å²) in [5.74, 6) is -0.0139. The van der Waals surface area contributed by atoms with E-state index >= 15 is 0 Å². The Kier molecular flexibility index (Phi) is 4.71. The highest BCUT2D eigenvalue weighted by molar-refractivity contribution is 7.03. The van der Waals surface area contributed by atoms with E-state index in [-0.39, 0.29) is 5.91 Å². The maximum atomic E-state index is 11.6. The van der Waals surface area contributed by atoms with Gasteiger partial charge in [0.25, 0.3) is 5.91 Å². The van der Waals surface area contributed by atoms with Gasteiger partial charge in [-0.15, -0.1) is 0 Å². The molecule has 0 aliphatic carbocycles. The van der Waals surface area contributed by atoms with Crippen molar-refractivity contribution >= 4 is 17.4 Å². The molecule has 1 aromatic heterocycles. The van der Waals surface area contributed by atoms with Crippen LogP contribution in [-0.4, -0.2) is 42.4 Å². The van der Waals surface area contributed by atoms with Gasteiger partial charge in [0.2, 0.25) is 0 Å². The molecule has 0 aliphatic rings. The number of nitrogens with zero attached hydrogens (tertiary/aromatic N) is 2. The minimum Gasteiger partial charge on any atom is -0.352 e. The topological polar surface area (TPSA) is 45.2 Å². The second-order valence-corrected chi connectivity index (χ2v) is 4.36. The van der Waals surface area contributed by atoms with Crippen LogP contribution in [0, 0.1) is 6.92 Å². The van der Waals surface area contributed by atoms with E-state index < -0.39 is 0 Å². The number of carbonyl (C=O) groups is 1. The monoisotopic (exact) mass is 227 g/mol. The van der Waals surface area contributed by atoms with E-state index in [1.54, 1.807) is 5.38 Å². The summed E-state index contributed by atoms with van der Waals surface area (Å²) in [5, 5.41) is 4.67. The lowest BCUT2D eigenvalue weighted by Crippen LogP contribution is -2.27. The van der Waals surface area contributed by atoms with Crippen LogP contribution in [0.5, 0.6) is 0 Å². The molecule has 84 valence electrons. The highest BCUT2D eigenvalue weighted by atomic mass is 32.1. The van der Waals surface area contributed by atoms with Gasteiger partial charge in [-0.05, 0) is 45.5 Å². The van der Waals surface area contributed by atoms with Gasteiger partial charge in [-0.25, -0.2) is 0 Å². The van der Waals surface area contributed by atoms with Crippen LogP contribution in [0.1, 0.15) is 22.5 Å². The van der Waals surface area contributed by atoms with E-state index in [4.69, 9.17) is 0 Å². The smallest absolute Gasteiger partial charge is 0.254 e. The average Bonchev–Trinajstić information content (AvgIpc) is 2.58. The van der Waals surface area contributed by atoms with Crippen LogP contribution < -0.4 is 5.32 Å². The Morgan fingerprint density at radius 2 is 2.33 bits per heavy atom. The molecule has 1 amide bonds. The predicted octanol–water partition coefficient (Wildman–Crippen LogP) is 1.13. The zero-order chi connectivity index (χ0) is 11.3. The van der Waals surface area contributed by atoms with E-state index in [9.17, 15) is 4.79 Å². The molecule has 0 fully saturated rings. The van der Waals surface area contributed by atoms with Crippen molar-refractivity contribution in [1.29, 1.82) is 0 Å². The van der Waals surface area contributed by atoms with Gasteiger partial charge in [-0.2, -0.15) is 4.37 Å². The molecular formula is C10H17N3OS. The zero-order valence-corrected chi connectivity index (χ0v) is 10.2. The summed E-state index contributed by atoms with van der Waals surface area (Å²) in [6.07, 6.45) is 0.968. The second-order valence-electron chi connectivity index (χ2n) is 3.73. The summed E-state index contributed by atoms with van der Waals surface area (Å²) < 4.78 is 4.07. The van der Waals surface area contributed by atoms with Crippen molar-refractivity contribution in [2.75, 3.05) is 27.2 Å². The molecule has 1 heterocycles. The summed E-state index contributed by atoms with van der Waals surface area (Å²) in [6.45, 7) is 3.55. The molecule has 1 rings (SSSR count). The Bertz CT molecular complexity index is 322. The lowest BCUT2D eigenvalue weighted by molar-refractivity contribution is 0.0952. The highest BCUT2D eigenvalue weighted by Gasteiger charge is 2.09. The molecule has 0 aliphatic heterocycles. The van der Waals surface area contributed by atoms with Gasteiger partial charge in [0.1, 0.15) is 0 Å². The van der Waals surface area contributed by atoms with Crippen LogP contribution >= 0.6 is 11.5 Å². The van der Waals surface area contributed by atoms with E-state index in [1.165, 1.54) is 11.5 Å². The fourth-order valence-electron chi connectivity index (χ4n) is 1.20. The van der Waals surface area contributed by atoms with E-state index in [2.05, 4.69) is 14.6 Å². The predicted molar refractivity (Wildman–Crippen MR) is 62.4 cm³/mol. The molecule has 0 bridgehead atoms. The SMILES string of the molecule is Cc1nscc1C(=O)NCCCN(C)C. The van der Waals surface area contributed by atoms with Gasteiger partial charge >= 0.3 is 0 Å². The molecule has 15 heavy (non-hydrogen) atoms. The van der Waals surface area contributed by atoms with Gasteiger partial charge in [-0.1, -0.05) is 0 Å². The van der Waals surface area contributed by atoms with E-state index in [0.717, 1.165) is 18.7 Å². The molecule has 0 saturated heterocycles. The molecule has 5 heteroatoms. The summed E-state index contributed by atoms with van der Waals surface area (Å²) in [4.78, 5) is 13.7. The lowest BCUT2D eigenvalue weighted by Gasteiger charge is -2.09. The second kappa shape index (κ2) is 5.82. The van der Waals surface area contributed by atoms with Gasteiger partial charge in [-0.3, -0.25) is 4.79 Å². The van der Waals surface area contributed by atoms with E-state index in [0.29, 0.717) is 12.1 Å². The highest BCUT2D eigenvalue weighted by Crippen LogP contribution is 2.08. The van der Waals surface area contributed by atoms with Crippen molar-refractivity contribution in [2.45, 2.75) is 13.3 Å². The largest absolute Gasteiger partial charge is 0.352 e. The van der Waals surface area contributed by atoms with Crippen molar-refractivity contribution in [3.63, 3.8) is 0 Å². The van der Waals surface area contributed by atoms with Crippen LogP contribution in [0.25, 0.3) is 0 Å². The Morgan fingerprint density at radius 3 is 2.87 bits per heavy atom. The molecule has 1 aromatic rings. The van der Waals surface area contributed by atoms with Gasteiger partial charge < -0.3 is 10.2 Å². The number of hydrogen-bond donors (Lipinski definition) is 1. The van der Waals surface area contributed by atoms with Crippen LogP contribution in [0.4, 0.5) is 0 Å². The first-order valence-corrected chi connectivity index (χ1v) is 5.79. The van der Waals surface area contributed by atoms with Crippen molar-refractivity contribution in [3.8, 4) is 0 Å². The van der Waals surface area contributed by atoms with Crippen LogP contribution in [0.2, 0.25) is 0 Å². The Balaban J connectivity index is 2.28. The third-order valence-electron chi connectivity index (χ3n) is 2.06. The van der Waals surface area contributed by atoms with Crippen molar-refractivity contribution in [3.05, 3.63) is 16.6 Å². The molecule has 0 unspecified atom stereocenters. The summed E-state index contributed by atoms with van der Waals surface area (Å²) in [5.41, 5.74) is 1.51. The lowest BCUT2D eigenvalue weighted by atomic mass is 10.2. The van der Waals surface area contributed by atoms with Gasteiger partial charge in [0, 0.05) is 11.9 Å². The number of rotatable bonds is 5. The summed E-state index contributed by atoms with van der Waals surface area (Å²) in [6, 6.07) is 0. The number of aromatic nitrogens is 1. The third-order valence-corrected chi connectivity index (χ3v) is 2.78. The molecule has 1 N–H and O–H groups in total. The first kappa shape index (κ1) is 12.1. The molecule has 4 nitrogen and oxygen atoms in total. The van der Waals surface area contributed by atoms with Gasteiger partial charge in [0.05, 0.1) is 11.3 Å². The number of carbonyl (C=O) groups excluding carboxylic acids is 1. The normalized spacial score (nSPS) is 10.7. The summed E-state index contributed by atoms with van der Waals surface area (Å²) in [7, 11) is 4.05. The standard InChI is InChI=1S/C10H17N3OS/c1-8-9(7-15-12-8)10(14)11-5-4-6-13(2)3/h7H,4-6H2,1-3H3,(H,11,14). The first-order valence-electron chi connectivity index (χ1n) is 4.95. The molecule has 0 saturated carbocycles. The average molecular weight is 227 g/mol. The van der Waals surface area contributed by atoms with Gasteiger partial charge in [0.15, 0.2) is 0 Å². The minimum atomic E-state index is -0.0139. The Labute approximate surface area is 94.5 Å². The number of amides is 1. The number of nitrogens with one attached hydrogen (secondary N) is 1. The van der Waals surface area contributed by atoms with Crippen molar-refractivity contribution < 1.29 is 4.79 Å². The zero-order valence-electron chi connectivity index (χ0n) is 9.41. The molecule has 0 radical (unpaired) electrons. The maximum Gasteiger partial charge on any atom is 0.254 e. The molecule has 0 aromatic carbocycles. The fraction of sp³-hybridized carbons (Fsp3) is 0.600. The van der Waals surface area contributed by atoms with Crippen LogP contribution in [0.3, 0.4) is 0 Å². The first-order chi connectivity index (χ1) is 7.11. The molecular weight excluding hydrogens is 210 g/mol. The quantitative estimate of drug-likeness (QED) is 0.767. The number of aryl methyl sites for hydroxylation is 1. The minimum absolute atomic E-state index is 0.0139. The maximum absolute atomic E-state index is 11.6. The third kappa shape index (κ3) is 3.97. The fourth-order valence-corrected chi connectivity index (χ4v) is 1.89. The molecule has 0 atom stereocenters.